The zero-order chi connectivity index (χ0) is 18.9. The standard InChI is InChI=1S/C22H24N4OS/c27-21(15-28-19-8-7-16-4-3-5-18(16)14-19)25-12-9-17(10-13-25)22-24-23-20-6-1-2-11-26(20)22/h1-2,6-8,11,14,17H,3-5,9-10,12-13,15H2. The van der Waals surface area contributed by atoms with Crippen LogP contribution in [0.5, 0.6) is 0 Å². The number of nitrogens with zero attached hydrogens (tertiary/aromatic N) is 4. The summed E-state index contributed by atoms with van der Waals surface area (Å²) < 4.78 is 2.08. The topological polar surface area (TPSA) is 50.5 Å². The number of hydrogen-bond acceptors (Lipinski definition) is 4. The normalized spacial score (nSPS) is 17.2. The monoisotopic (exact) mass is 392 g/mol. The Morgan fingerprint density at radius 2 is 1.93 bits per heavy atom. The summed E-state index contributed by atoms with van der Waals surface area (Å²) in [7, 11) is 0. The second-order valence-electron chi connectivity index (χ2n) is 7.71. The van der Waals surface area contributed by atoms with Crippen molar-refractivity contribution in [1.82, 2.24) is 19.5 Å². The lowest BCUT2D eigenvalue weighted by Crippen LogP contribution is -2.39. The average Bonchev–Trinajstić information content (AvgIpc) is 3.38. The number of carbonyl (C=O) groups excluding carboxylic acids is 1. The smallest absolute Gasteiger partial charge is 0.232 e. The van der Waals surface area contributed by atoms with Crippen LogP contribution in [0.15, 0.2) is 47.5 Å². The number of carbonyl (C=O) groups is 1. The van der Waals surface area contributed by atoms with E-state index in [2.05, 4.69) is 32.8 Å². The summed E-state index contributed by atoms with van der Waals surface area (Å²) in [4.78, 5) is 15.9. The van der Waals surface area contributed by atoms with E-state index in [-0.39, 0.29) is 5.91 Å². The van der Waals surface area contributed by atoms with Crippen LogP contribution in [0.3, 0.4) is 0 Å². The van der Waals surface area contributed by atoms with E-state index < -0.39 is 0 Å². The number of hydrogen-bond donors (Lipinski definition) is 0. The highest BCUT2D eigenvalue weighted by molar-refractivity contribution is 8.00. The molecule has 3 heterocycles. The molecule has 0 N–H and O–H groups in total. The minimum absolute atomic E-state index is 0.245. The fourth-order valence-electron chi connectivity index (χ4n) is 4.40. The Kier molecular flexibility index (Phi) is 4.81. The van der Waals surface area contributed by atoms with Gasteiger partial charge in [-0.3, -0.25) is 9.20 Å². The predicted octanol–water partition coefficient (Wildman–Crippen LogP) is 3.72. The lowest BCUT2D eigenvalue weighted by Gasteiger charge is -2.31. The van der Waals surface area contributed by atoms with Gasteiger partial charge >= 0.3 is 0 Å². The number of benzene rings is 1. The molecule has 144 valence electrons. The molecule has 3 aromatic rings. The number of likely N-dealkylation sites (tertiary alicyclic amines) is 1. The van der Waals surface area contributed by atoms with Gasteiger partial charge in [0.25, 0.3) is 0 Å². The Morgan fingerprint density at radius 1 is 1.07 bits per heavy atom. The summed E-state index contributed by atoms with van der Waals surface area (Å²) in [5, 5.41) is 8.66. The first kappa shape index (κ1) is 17.7. The number of piperidine rings is 1. The predicted molar refractivity (Wildman–Crippen MR) is 111 cm³/mol. The van der Waals surface area contributed by atoms with Gasteiger partial charge in [-0.05, 0) is 67.5 Å². The molecule has 28 heavy (non-hydrogen) atoms. The maximum Gasteiger partial charge on any atom is 0.232 e. The van der Waals surface area contributed by atoms with E-state index in [0.717, 1.165) is 37.4 Å². The molecule has 2 aliphatic rings. The third-order valence-electron chi connectivity index (χ3n) is 5.99. The van der Waals surface area contributed by atoms with Crippen LogP contribution >= 0.6 is 11.8 Å². The summed E-state index contributed by atoms with van der Waals surface area (Å²) in [6.45, 7) is 1.60. The SMILES string of the molecule is O=C(CSc1ccc2c(c1)CCC2)N1CCC(c2nnc3ccccn23)CC1. The fraction of sp³-hybridized carbons (Fsp3) is 0.409. The minimum Gasteiger partial charge on any atom is -0.342 e. The first-order valence-corrected chi connectivity index (χ1v) is 11.1. The number of aromatic nitrogens is 3. The van der Waals surface area contributed by atoms with Crippen molar-refractivity contribution in [3.8, 4) is 0 Å². The maximum atomic E-state index is 12.7. The molecule has 1 fully saturated rings. The molecular formula is C22H24N4OS. The summed E-state index contributed by atoms with van der Waals surface area (Å²) in [5.41, 5.74) is 3.85. The van der Waals surface area contributed by atoms with E-state index in [1.807, 2.05) is 29.3 Å². The molecule has 5 rings (SSSR count). The van der Waals surface area contributed by atoms with Crippen LogP contribution in [0.2, 0.25) is 0 Å². The van der Waals surface area contributed by atoms with Gasteiger partial charge in [0.15, 0.2) is 5.65 Å². The Balaban J connectivity index is 1.17. The summed E-state index contributed by atoms with van der Waals surface area (Å²) in [6.07, 6.45) is 7.57. The third-order valence-corrected chi connectivity index (χ3v) is 6.96. The number of amides is 1. The highest BCUT2D eigenvalue weighted by atomic mass is 32.2. The van der Waals surface area contributed by atoms with Crippen LogP contribution in [-0.4, -0.2) is 44.2 Å². The van der Waals surface area contributed by atoms with E-state index in [9.17, 15) is 4.79 Å². The molecule has 0 spiro atoms. The molecule has 0 bridgehead atoms. The minimum atomic E-state index is 0.245. The molecule has 0 radical (unpaired) electrons. The molecule has 5 nitrogen and oxygen atoms in total. The van der Waals surface area contributed by atoms with E-state index in [0.29, 0.717) is 11.7 Å². The van der Waals surface area contributed by atoms with E-state index >= 15 is 0 Å². The van der Waals surface area contributed by atoms with E-state index in [4.69, 9.17) is 0 Å². The van der Waals surface area contributed by atoms with Gasteiger partial charge in [0.1, 0.15) is 5.82 Å². The van der Waals surface area contributed by atoms with Crippen LogP contribution in [-0.2, 0) is 17.6 Å². The molecule has 0 atom stereocenters. The van der Waals surface area contributed by atoms with Crippen LogP contribution in [0.25, 0.3) is 5.65 Å². The second-order valence-corrected chi connectivity index (χ2v) is 8.76. The van der Waals surface area contributed by atoms with Gasteiger partial charge in [0, 0.05) is 30.1 Å². The lowest BCUT2D eigenvalue weighted by molar-refractivity contribution is -0.129. The Labute approximate surface area is 169 Å². The molecule has 0 unspecified atom stereocenters. The van der Waals surface area contributed by atoms with Crippen molar-refractivity contribution in [1.29, 1.82) is 0 Å². The highest BCUT2D eigenvalue weighted by Crippen LogP contribution is 2.30. The first-order chi connectivity index (χ1) is 13.8. The van der Waals surface area contributed by atoms with Crippen molar-refractivity contribution in [3.63, 3.8) is 0 Å². The van der Waals surface area contributed by atoms with Gasteiger partial charge < -0.3 is 4.90 Å². The van der Waals surface area contributed by atoms with Crippen molar-refractivity contribution >= 4 is 23.3 Å². The van der Waals surface area contributed by atoms with Crippen LogP contribution in [0.1, 0.15) is 42.1 Å². The Bertz CT molecular complexity index is 1010. The van der Waals surface area contributed by atoms with Crippen molar-refractivity contribution < 1.29 is 4.79 Å². The number of rotatable bonds is 4. The zero-order valence-electron chi connectivity index (χ0n) is 15.9. The molecule has 0 saturated carbocycles. The number of aryl methyl sites for hydroxylation is 2. The molecule has 6 heteroatoms. The summed E-state index contributed by atoms with van der Waals surface area (Å²) >= 11 is 1.67. The van der Waals surface area contributed by atoms with Crippen LogP contribution in [0.4, 0.5) is 0 Å². The van der Waals surface area contributed by atoms with E-state index in [1.165, 1.54) is 35.3 Å². The molecule has 1 aliphatic heterocycles. The van der Waals surface area contributed by atoms with Crippen LogP contribution < -0.4 is 0 Å². The summed E-state index contributed by atoms with van der Waals surface area (Å²) in [5.74, 6) is 2.16. The Morgan fingerprint density at radius 3 is 2.82 bits per heavy atom. The summed E-state index contributed by atoms with van der Waals surface area (Å²) in [6, 6.07) is 12.7. The molecule has 1 aliphatic carbocycles. The van der Waals surface area contributed by atoms with Gasteiger partial charge in [0.2, 0.25) is 5.91 Å². The molecule has 1 amide bonds. The van der Waals surface area contributed by atoms with Crippen molar-refractivity contribution in [2.75, 3.05) is 18.8 Å². The number of fused-ring (bicyclic) bond motifs is 2. The average molecular weight is 393 g/mol. The zero-order valence-corrected chi connectivity index (χ0v) is 16.7. The van der Waals surface area contributed by atoms with Gasteiger partial charge in [0.05, 0.1) is 5.75 Å². The quantitative estimate of drug-likeness (QED) is 0.635. The van der Waals surface area contributed by atoms with Crippen molar-refractivity contribution in [2.45, 2.75) is 42.9 Å². The maximum absolute atomic E-state index is 12.7. The Hall–Kier alpha value is -2.34. The van der Waals surface area contributed by atoms with Gasteiger partial charge in [-0.2, -0.15) is 0 Å². The van der Waals surface area contributed by atoms with Crippen molar-refractivity contribution in [2.24, 2.45) is 0 Å². The number of thioether (sulfide) groups is 1. The van der Waals surface area contributed by atoms with E-state index in [1.54, 1.807) is 11.8 Å². The van der Waals surface area contributed by atoms with Crippen LogP contribution in [0, 0.1) is 0 Å². The molecule has 1 saturated heterocycles. The molecule has 1 aromatic carbocycles. The molecule has 2 aromatic heterocycles. The largest absolute Gasteiger partial charge is 0.342 e. The second kappa shape index (κ2) is 7.59. The van der Waals surface area contributed by atoms with Gasteiger partial charge in [-0.1, -0.05) is 12.1 Å². The van der Waals surface area contributed by atoms with Gasteiger partial charge in [-0.25, -0.2) is 0 Å². The molecular weight excluding hydrogens is 368 g/mol. The van der Waals surface area contributed by atoms with Gasteiger partial charge in [-0.15, -0.1) is 22.0 Å². The van der Waals surface area contributed by atoms with Crippen molar-refractivity contribution in [3.05, 3.63) is 59.5 Å². The lowest BCUT2D eigenvalue weighted by atomic mass is 9.96. The number of pyridine rings is 1. The third kappa shape index (κ3) is 3.41. The first-order valence-electron chi connectivity index (χ1n) is 10.1. The highest BCUT2D eigenvalue weighted by Gasteiger charge is 2.26. The fourth-order valence-corrected chi connectivity index (χ4v) is 5.26.